The molecule has 0 saturated heterocycles. The summed E-state index contributed by atoms with van der Waals surface area (Å²) in [6.07, 6.45) is 2.72. The van der Waals surface area contributed by atoms with Crippen LogP contribution in [0.5, 0.6) is 0 Å². The highest BCUT2D eigenvalue weighted by Gasteiger charge is 2.24. The van der Waals surface area contributed by atoms with E-state index in [2.05, 4.69) is 5.32 Å². The van der Waals surface area contributed by atoms with Crippen LogP contribution in [0.3, 0.4) is 0 Å². The first kappa shape index (κ1) is 13.1. The van der Waals surface area contributed by atoms with Crippen LogP contribution < -0.4 is 10.7 Å². The Bertz CT molecular complexity index is 835. The van der Waals surface area contributed by atoms with Gasteiger partial charge in [0.1, 0.15) is 5.58 Å². The summed E-state index contributed by atoms with van der Waals surface area (Å²) in [6, 6.07) is 6.43. The van der Waals surface area contributed by atoms with Crippen LogP contribution in [0.2, 0.25) is 0 Å². The van der Waals surface area contributed by atoms with Gasteiger partial charge in [-0.25, -0.2) is 0 Å². The fourth-order valence-corrected chi connectivity index (χ4v) is 2.21. The predicted molar refractivity (Wildman–Crippen MR) is 76.6 cm³/mol. The Morgan fingerprint density at radius 3 is 2.81 bits per heavy atom. The van der Waals surface area contributed by atoms with Gasteiger partial charge < -0.3 is 9.73 Å². The summed E-state index contributed by atoms with van der Waals surface area (Å²) in [4.78, 5) is 35.8. The van der Waals surface area contributed by atoms with Crippen molar-refractivity contribution in [1.29, 1.82) is 0 Å². The fraction of sp³-hybridized carbons (Fsp3) is 0.133. The van der Waals surface area contributed by atoms with Gasteiger partial charge in [-0.1, -0.05) is 0 Å². The van der Waals surface area contributed by atoms with Crippen molar-refractivity contribution >= 4 is 28.5 Å². The lowest BCUT2D eigenvalue weighted by Gasteiger charge is -2.12. The zero-order chi connectivity index (χ0) is 15.0. The maximum Gasteiger partial charge on any atom is 0.255 e. The molecule has 0 unspecified atom stereocenters. The lowest BCUT2D eigenvalue weighted by molar-refractivity contribution is -0.138. The highest BCUT2D eigenvalue weighted by Crippen LogP contribution is 2.19. The van der Waals surface area contributed by atoms with E-state index in [0.717, 1.165) is 4.90 Å². The van der Waals surface area contributed by atoms with E-state index in [9.17, 15) is 14.4 Å². The summed E-state index contributed by atoms with van der Waals surface area (Å²) in [5.74, 6) is -0.641. The van der Waals surface area contributed by atoms with E-state index in [1.807, 2.05) is 0 Å². The summed E-state index contributed by atoms with van der Waals surface area (Å²) < 4.78 is 5.23. The molecule has 0 radical (unpaired) electrons. The molecule has 1 aliphatic rings. The highest BCUT2D eigenvalue weighted by atomic mass is 16.3. The SMILES string of the molecule is CC(=O)N1CC(Nc2ccc3occc(=O)c3c2)=CC1=O. The smallest absolute Gasteiger partial charge is 0.255 e. The van der Waals surface area contributed by atoms with Gasteiger partial charge in [0.2, 0.25) is 5.91 Å². The third-order valence-corrected chi connectivity index (χ3v) is 3.24. The Labute approximate surface area is 119 Å². The first-order valence-electron chi connectivity index (χ1n) is 6.36. The van der Waals surface area contributed by atoms with Crippen LogP contribution >= 0.6 is 0 Å². The summed E-state index contributed by atoms with van der Waals surface area (Å²) in [6.45, 7) is 1.55. The third kappa shape index (κ3) is 2.43. The Balaban J connectivity index is 1.88. The topological polar surface area (TPSA) is 79.6 Å². The number of anilines is 1. The lowest BCUT2D eigenvalue weighted by Crippen LogP contribution is -2.31. The molecule has 6 nitrogen and oxygen atoms in total. The molecule has 1 N–H and O–H groups in total. The van der Waals surface area contributed by atoms with Crippen molar-refractivity contribution in [3.05, 3.63) is 52.5 Å². The maximum absolute atomic E-state index is 11.8. The van der Waals surface area contributed by atoms with Crippen molar-refractivity contribution in [2.75, 3.05) is 11.9 Å². The number of carbonyl (C=O) groups is 2. The van der Waals surface area contributed by atoms with Crippen LogP contribution in [0.25, 0.3) is 11.0 Å². The number of imide groups is 1. The minimum absolute atomic E-state index is 0.137. The number of rotatable bonds is 2. The van der Waals surface area contributed by atoms with Crippen molar-refractivity contribution < 1.29 is 14.0 Å². The maximum atomic E-state index is 11.8. The molecule has 0 atom stereocenters. The number of benzene rings is 1. The van der Waals surface area contributed by atoms with Crippen LogP contribution in [-0.2, 0) is 9.59 Å². The molecule has 1 aliphatic heterocycles. The molecule has 0 bridgehead atoms. The molecule has 0 spiro atoms. The van der Waals surface area contributed by atoms with Crippen LogP contribution in [0.4, 0.5) is 5.69 Å². The number of nitrogens with zero attached hydrogens (tertiary/aromatic N) is 1. The van der Waals surface area contributed by atoms with Gasteiger partial charge in [0, 0.05) is 30.5 Å². The molecule has 0 aliphatic carbocycles. The third-order valence-electron chi connectivity index (χ3n) is 3.24. The van der Waals surface area contributed by atoms with Crippen LogP contribution in [0.1, 0.15) is 6.92 Å². The average Bonchev–Trinajstić information content (AvgIpc) is 2.81. The quantitative estimate of drug-likeness (QED) is 0.903. The lowest BCUT2D eigenvalue weighted by atomic mass is 10.2. The summed E-state index contributed by atoms with van der Waals surface area (Å²) in [5.41, 5.74) is 1.62. The number of hydrogen-bond acceptors (Lipinski definition) is 5. The van der Waals surface area contributed by atoms with Gasteiger partial charge in [0.25, 0.3) is 5.91 Å². The molecule has 21 heavy (non-hydrogen) atoms. The number of carbonyl (C=O) groups excluding carboxylic acids is 2. The van der Waals surface area contributed by atoms with Gasteiger partial charge in [-0.2, -0.15) is 0 Å². The molecule has 106 valence electrons. The van der Waals surface area contributed by atoms with Crippen LogP contribution in [-0.4, -0.2) is 23.3 Å². The van der Waals surface area contributed by atoms with Crippen LogP contribution in [0.15, 0.2) is 51.5 Å². The van der Waals surface area contributed by atoms with Gasteiger partial charge in [0.15, 0.2) is 5.43 Å². The molecule has 3 rings (SSSR count). The highest BCUT2D eigenvalue weighted by molar-refractivity contribution is 6.03. The average molecular weight is 284 g/mol. The standard InChI is InChI=1S/C15H12N2O4/c1-9(18)17-8-11(7-15(17)20)16-10-2-3-14-12(6-10)13(19)4-5-21-14/h2-7,16H,8H2,1H3. The van der Waals surface area contributed by atoms with Crippen molar-refractivity contribution in [2.24, 2.45) is 0 Å². The molecule has 1 aromatic heterocycles. The zero-order valence-electron chi connectivity index (χ0n) is 11.3. The normalized spacial score (nSPS) is 14.4. The molecular weight excluding hydrogens is 272 g/mol. The van der Waals surface area contributed by atoms with E-state index in [4.69, 9.17) is 4.42 Å². The van der Waals surface area contributed by atoms with Gasteiger partial charge >= 0.3 is 0 Å². The van der Waals surface area contributed by atoms with Crippen LogP contribution in [0, 0.1) is 0 Å². The molecule has 2 aromatic rings. The number of amides is 2. The van der Waals surface area contributed by atoms with Gasteiger partial charge in [-0.3, -0.25) is 19.3 Å². The summed E-state index contributed by atoms with van der Waals surface area (Å²) >= 11 is 0. The van der Waals surface area contributed by atoms with Crippen molar-refractivity contribution in [2.45, 2.75) is 6.92 Å². The van der Waals surface area contributed by atoms with E-state index >= 15 is 0 Å². The molecule has 1 aromatic carbocycles. The number of fused-ring (bicyclic) bond motifs is 1. The Morgan fingerprint density at radius 2 is 2.10 bits per heavy atom. The minimum Gasteiger partial charge on any atom is -0.464 e. The van der Waals surface area contributed by atoms with Gasteiger partial charge in [-0.15, -0.1) is 0 Å². The Hall–Kier alpha value is -2.89. The predicted octanol–water partition coefficient (Wildman–Crippen LogP) is 1.48. The van der Waals surface area contributed by atoms with Crippen molar-refractivity contribution in [1.82, 2.24) is 4.90 Å². The second kappa shape index (κ2) is 4.90. The second-order valence-electron chi connectivity index (χ2n) is 4.73. The van der Waals surface area contributed by atoms with E-state index in [-0.39, 0.29) is 23.8 Å². The fourth-order valence-electron chi connectivity index (χ4n) is 2.21. The van der Waals surface area contributed by atoms with Crippen molar-refractivity contribution in [3.8, 4) is 0 Å². The molecule has 6 heteroatoms. The number of nitrogens with one attached hydrogen (secondary N) is 1. The van der Waals surface area contributed by atoms with Gasteiger partial charge in [0.05, 0.1) is 18.2 Å². The minimum atomic E-state index is -0.342. The first-order valence-corrected chi connectivity index (χ1v) is 6.36. The van der Waals surface area contributed by atoms with E-state index < -0.39 is 0 Å². The molecule has 2 amide bonds. The summed E-state index contributed by atoms with van der Waals surface area (Å²) in [5, 5.41) is 3.50. The van der Waals surface area contributed by atoms with E-state index in [1.54, 1.807) is 18.2 Å². The summed E-state index contributed by atoms with van der Waals surface area (Å²) in [7, 11) is 0. The number of hydrogen-bond donors (Lipinski definition) is 1. The van der Waals surface area contributed by atoms with E-state index in [1.165, 1.54) is 25.3 Å². The van der Waals surface area contributed by atoms with E-state index in [0.29, 0.717) is 22.4 Å². The zero-order valence-corrected chi connectivity index (χ0v) is 11.3. The first-order chi connectivity index (χ1) is 10.0. The molecule has 2 heterocycles. The largest absolute Gasteiger partial charge is 0.464 e. The molecule has 0 saturated carbocycles. The molecule has 0 fully saturated rings. The Morgan fingerprint density at radius 1 is 1.29 bits per heavy atom. The van der Waals surface area contributed by atoms with Gasteiger partial charge in [-0.05, 0) is 18.2 Å². The molecular formula is C15H12N2O4. The van der Waals surface area contributed by atoms with Crippen molar-refractivity contribution in [3.63, 3.8) is 0 Å². The second-order valence-corrected chi connectivity index (χ2v) is 4.73. The Kier molecular flexibility index (Phi) is 3.06. The monoisotopic (exact) mass is 284 g/mol.